The van der Waals surface area contributed by atoms with Gasteiger partial charge in [-0.3, -0.25) is 0 Å². The van der Waals surface area contributed by atoms with Gasteiger partial charge in [-0.2, -0.15) is 0 Å². The van der Waals surface area contributed by atoms with Gasteiger partial charge < -0.3 is 9.66 Å². The fraction of sp³-hybridized carbons (Fsp3) is 1.00. The second-order valence-corrected chi connectivity index (χ2v) is 3.81. The summed E-state index contributed by atoms with van der Waals surface area (Å²) in [6.45, 7) is 1.85. The summed E-state index contributed by atoms with van der Waals surface area (Å²) in [5.74, 6) is 0. The van der Waals surface area contributed by atoms with Gasteiger partial charge in [0.05, 0.1) is 0 Å². The summed E-state index contributed by atoms with van der Waals surface area (Å²) in [4.78, 5) is -2.15. The van der Waals surface area contributed by atoms with Crippen molar-refractivity contribution in [2.75, 3.05) is 0 Å². The van der Waals surface area contributed by atoms with E-state index in [0.717, 1.165) is 13.8 Å². The second kappa shape index (κ2) is 3.77. The molecule has 0 fully saturated rings. The molecule has 0 saturated carbocycles. The van der Waals surface area contributed by atoms with Gasteiger partial charge >= 0.3 is 51.4 Å². The third-order valence-corrected chi connectivity index (χ3v) is 1.84. The van der Waals surface area contributed by atoms with Crippen molar-refractivity contribution in [3.63, 3.8) is 0 Å². The minimum Gasteiger partial charge on any atom is -0.746 e. The molecule has 0 atom stereocenters. The van der Waals surface area contributed by atoms with E-state index in [9.17, 15) is 13.0 Å². The van der Waals surface area contributed by atoms with Crippen LogP contribution in [0.25, 0.3) is 0 Å². The van der Waals surface area contributed by atoms with E-state index in [1.807, 2.05) is 0 Å². The first-order valence-electron chi connectivity index (χ1n) is 1.93. The van der Waals surface area contributed by atoms with E-state index in [2.05, 4.69) is 0 Å². The predicted octanol–water partition coefficient (Wildman–Crippen LogP) is -3.74. The SMILES string of the molecule is CC(C)(O)S(=O)(=O)[O-].[K+]. The molecule has 0 heterocycles. The minimum atomic E-state index is -4.53. The summed E-state index contributed by atoms with van der Waals surface area (Å²) in [7, 11) is -4.53. The third kappa shape index (κ3) is 4.85. The molecule has 0 aromatic rings. The van der Waals surface area contributed by atoms with E-state index in [-0.39, 0.29) is 51.4 Å². The van der Waals surface area contributed by atoms with Gasteiger partial charge in [-0.25, -0.2) is 8.42 Å². The van der Waals surface area contributed by atoms with Crippen LogP contribution in [0.5, 0.6) is 0 Å². The normalized spacial score (nSPS) is 12.4. The molecule has 0 aliphatic heterocycles. The maximum atomic E-state index is 9.85. The van der Waals surface area contributed by atoms with Crippen LogP contribution in [-0.4, -0.2) is 23.0 Å². The molecular formula is C3H7KO4S. The Morgan fingerprint density at radius 1 is 1.44 bits per heavy atom. The van der Waals surface area contributed by atoms with E-state index in [4.69, 9.17) is 5.11 Å². The molecule has 50 valence electrons. The van der Waals surface area contributed by atoms with Crippen LogP contribution in [0.1, 0.15) is 13.8 Å². The molecule has 0 aliphatic rings. The van der Waals surface area contributed by atoms with Gasteiger partial charge in [-0.1, -0.05) is 0 Å². The van der Waals surface area contributed by atoms with Crippen molar-refractivity contribution in [1.29, 1.82) is 0 Å². The molecule has 0 radical (unpaired) electrons. The Hall–Kier alpha value is 1.51. The zero-order chi connectivity index (χ0) is 7.00. The average molecular weight is 178 g/mol. The van der Waals surface area contributed by atoms with E-state index >= 15 is 0 Å². The quantitative estimate of drug-likeness (QED) is 0.331. The van der Waals surface area contributed by atoms with Crippen LogP contribution in [0, 0.1) is 0 Å². The molecule has 0 saturated heterocycles. The standard InChI is InChI=1S/C3H8O4S.K/c1-3(2,4)8(5,6)7;/h4H,1-2H3,(H,5,6,7);/q;+1/p-1. The summed E-state index contributed by atoms with van der Waals surface area (Å²) < 4.78 is 29.5. The molecule has 4 nitrogen and oxygen atoms in total. The van der Waals surface area contributed by atoms with E-state index in [1.165, 1.54) is 0 Å². The number of hydrogen-bond donors (Lipinski definition) is 1. The molecule has 0 aliphatic carbocycles. The predicted molar refractivity (Wildman–Crippen MR) is 26.0 cm³/mol. The van der Waals surface area contributed by atoms with Crippen LogP contribution in [-0.2, 0) is 10.1 Å². The Bertz CT molecular complexity index is 165. The van der Waals surface area contributed by atoms with Crippen molar-refractivity contribution in [2.45, 2.75) is 18.8 Å². The Morgan fingerprint density at radius 2 is 1.56 bits per heavy atom. The first kappa shape index (κ1) is 13.1. The Labute approximate surface area is 96.8 Å². The molecule has 9 heavy (non-hydrogen) atoms. The first-order chi connectivity index (χ1) is 3.25. The van der Waals surface area contributed by atoms with E-state index in [1.54, 1.807) is 0 Å². The van der Waals surface area contributed by atoms with Crippen molar-refractivity contribution in [2.24, 2.45) is 0 Å². The van der Waals surface area contributed by atoms with Crippen molar-refractivity contribution in [1.82, 2.24) is 0 Å². The number of aliphatic hydroxyl groups is 1. The molecule has 1 N–H and O–H groups in total. The zero-order valence-electron chi connectivity index (χ0n) is 5.58. The van der Waals surface area contributed by atoms with Gasteiger partial charge in [0.25, 0.3) is 0 Å². The van der Waals surface area contributed by atoms with Crippen molar-refractivity contribution in [3.8, 4) is 0 Å². The molecule has 0 aromatic carbocycles. The van der Waals surface area contributed by atoms with Gasteiger partial charge in [0.2, 0.25) is 0 Å². The largest absolute Gasteiger partial charge is 1.00 e. The topological polar surface area (TPSA) is 77.4 Å². The Kier molecular flexibility index (Phi) is 5.50. The summed E-state index contributed by atoms with van der Waals surface area (Å²) in [6.07, 6.45) is 0. The molecule has 0 unspecified atom stereocenters. The Morgan fingerprint density at radius 3 is 1.56 bits per heavy atom. The smallest absolute Gasteiger partial charge is 0.746 e. The molecule has 0 spiro atoms. The van der Waals surface area contributed by atoms with Crippen LogP contribution in [0.4, 0.5) is 0 Å². The molecule has 0 bridgehead atoms. The summed E-state index contributed by atoms with van der Waals surface area (Å²) in [5, 5.41) is 8.45. The van der Waals surface area contributed by atoms with E-state index in [0.29, 0.717) is 0 Å². The summed E-state index contributed by atoms with van der Waals surface area (Å²) in [5.41, 5.74) is 0. The van der Waals surface area contributed by atoms with Gasteiger partial charge in [0.1, 0.15) is 15.1 Å². The van der Waals surface area contributed by atoms with Gasteiger partial charge in [0, 0.05) is 0 Å². The van der Waals surface area contributed by atoms with Gasteiger partial charge in [0.15, 0.2) is 0 Å². The third-order valence-electron chi connectivity index (χ3n) is 0.612. The number of hydrogen-bond acceptors (Lipinski definition) is 4. The molecule has 0 rings (SSSR count). The van der Waals surface area contributed by atoms with Crippen LogP contribution in [0.15, 0.2) is 0 Å². The zero-order valence-corrected chi connectivity index (χ0v) is 9.52. The summed E-state index contributed by atoms with van der Waals surface area (Å²) in [6, 6.07) is 0. The minimum absolute atomic E-state index is 0. The molecule has 0 aromatic heterocycles. The van der Waals surface area contributed by atoms with Crippen LogP contribution in [0.3, 0.4) is 0 Å². The molecule has 6 heteroatoms. The fourth-order valence-electron chi connectivity index (χ4n) is 0. The van der Waals surface area contributed by atoms with Crippen LogP contribution in [0.2, 0.25) is 0 Å². The summed E-state index contributed by atoms with van der Waals surface area (Å²) >= 11 is 0. The molecule has 0 amide bonds. The Balaban J connectivity index is 0. The van der Waals surface area contributed by atoms with Crippen LogP contribution < -0.4 is 51.4 Å². The monoisotopic (exact) mass is 178 g/mol. The van der Waals surface area contributed by atoms with Crippen molar-refractivity contribution < 1.29 is 69.5 Å². The maximum absolute atomic E-state index is 9.85. The average Bonchev–Trinajstić information content (AvgIpc) is 1.25. The van der Waals surface area contributed by atoms with Gasteiger partial charge in [-0.15, -0.1) is 0 Å². The maximum Gasteiger partial charge on any atom is 1.00 e. The van der Waals surface area contributed by atoms with Crippen LogP contribution >= 0.6 is 0 Å². The van der Waals surface area contributed by atoms with Crippen molar-refractivity contribution in [3.05, 3.63) is 0 Å². The van der Waals surface area contributed by atoms with E-state index < -0.39 is 15.1 Å². The number of rotatable bonds is 1. The fourth-order valence-corrected chi connectivity index (χ4v) is 0. The molecular weight excluding hydrogens is 171 g/mol. The van der Waals surface area contributed by atoms with Gasteiger partial charge in [-0.05, 0) is 13.8 Å². The first-order valence-corrected chi connectivity index (χ1v) is 3.34. The second-order valence-electron chi connectivity index (χ2n) is 1.90. The van der Waals surface area contributed by atoms with Crippen molar-refractivity contribution >= 4 is 10.1 Å².